The van der Waals surface area contributed by atoms with Crippen molar-refractivity contribution < 1.29 is 12.3 Å². The molecule has 0 amide bonds. The van der Waals surface area contributed by atoms with Gasteiger partial charge in [-0.15, -0.1) is 11.6 Å². The van der Waals surface area contributed by atoms with E-state index >= 15 is 0 Å². The number of Topliss-reactive ketones (excluding diaryl/α,β-unsaturated/α-hetero) is 1. The molecule has 2 aliphatic rings. The van der Waals surface area contributed by atoms with Crippen LogP contribution >= 0.6 is 11.6 Å². The zero-order valence-corrected chi connectivity index (χ0v) is 8.97. The zero-order valence-electron chi connectivity index (χ0n) is 10.2. The average molecular weight is 225 g/mol. The van der Waals surface area contributed by atoms with Crippen LogP contribution in [0.4, 0.5) is 0 Å². The molecule has 2 rings (SSSR count). The molecule has 0 radical (unpaired) electrons. The van der Waals surface area contributed by atoms with Crippen LogP contribution in [-0.4, -0.2) is 11.2 Å². The smallest absolute Gasteiger partial charge is 0.180 e. The fourth-order valence-electron chi connectivity index (χ4n) is 1.44. The topological polar surface area (TPSA) is 26.3 Å². The van der Waals surface area contributed by atoms with Gasteiger partial charge in [0.05, 0.1) is 13.0 Å². The van der Waals surface area contributed by atoms with Gasteiger partial charge >= 0.3 is 0 Å². The van der Waals surface area contributed by atoms with Crippen molar-refractivity contribution in [3.8, 4) is 0 Å². The molecule has 1 aliphatic carbocycles. The maximum absolute atomic E-state index is 11.7. The lowest BCUT2D eigenvalue weighted by Crippen LogP contribution is -2.14. The monoisotopic (exact) mass is 224 g/mol. The van der Waals surface area contributed by atoms with Gasteiger partial charge in [0.15, 0.2) is 5.78 Å². The summed E-state index contributed by atoms with van der Waals surface area (Å²) in [5, 5.41) is -0.579. The van der Waals surface area contributed by atoms with E-state index in [0.717, 1.165) is 5.57 Å². The Bertz CT molecular complexity index is 499. The van der Waals surface area contributed by atoms with Gasteiger partial charge in [0, 0.05) is 5.57 Å². The van der Waals surface area contributed by atoms with Crippen molar-refractivity contribution >= 4 is 17.4 Å². The Hall–Kier alpha value is -1.28. The molecule has 78 valence electrons. The summed E-state index contributed by atoms with van der Waals surface area (Å²) in [5.74, 6) is 0.308. The van der Waals surface area contributed by atoms with Crippen LogP contribution in [0.1, 0.15) is 16.1 Å². The van der Waals surface area contributed by atoms with Crippen molar-refractivity contribution in [3.05, 3.63) is 47.4 Å². The van der Waals surface area contributed by atoms with Gasteiger partial charge in [0.2, 0.25) is 0 Å². The molecule has 0 aromatic rings. The highest BCUT2D eigenvalue weighted by Crippen LogP contribution is 2.28. The van der Waals surface area contributed by atoms with Crippen molar-refractivity contribution in [1.82, 2.24) is 0 Å². The van der Waals surface area contributed by atoms with Gasteiger partial charge in [0.1, 0.15) is 7.13 Å². The van der Waals surface area contributed by atoms with Gasteiger partial charge in [-0.05, 0) is 31.0 Å². The van der Waals surface area contributed by atoms with Crippen molar-refractivity contribution in [1.29, 1.82) is 0 Å². The predicted octanol–water partition coefficient (Wildman–Crippen LogP) is 2.87. The van der Waals surface area contributed by atoms with Crippen LogP contribution in [0.2, 0.25) is 0 Å². The molecule has 2 nitrogen and oxygen atoms in total. The number of ether oxygens (including phenoxy) is 1. The minimum Gasteiger partial charge on any atom is -0.465 e. The van der Waals surface area contributed by atoms with Crippen LogP contribution in [0.25, 0.3) is 0 Å². The third kappa shape index (κ3) is 2.05. The first-order chi connectivity index (χ1) is 7.99. The highest BCUT2D eigenvalue weighted by molar-refractivity contribution is 6.33. The summed E-state index contributed by atoms with van der Waals surface area (Å²) >= 11 is 5.74. The quantitative estimate of drug-likeness (QED) is 0.675. The Kier molecular flexibility index (Phi) is 2.15. The summed E-state index contributed by atoms with van der Waals surface area (Å²) in [6.07, 6.45) is 5.25. The Morgan fingerprint density at radius 1 is 1.73 bits per heavy atom. The molecule has 0 aromatic carbocycles. The molecule has 3 heteroatoms. The van der Waals surface area contributed by atoms with Crippen molar-refractivity contribution in [2.75, 3.05) is 0 Å². The zero-order chi connectivity index (χ0) is 12.6. The number of rotatable bonds is 2. The van der Waals surface area contributed by atoms with Crippen molar-refractivity contribution in [2.45, 2.75) is 18.7 Å². The van der Waals surface area contributed by atoms with Crippen LogP contribution in [0.3, 0.4) is 0 Å². The number of carbonyl (C=O) groups is 1. The lowest BCUT2D eigenvalue weighted by atomic mass is 9.96. The molecule has 0 aromatic heterocycles. The van der Waals surface area contributed by atoms with Crippen LogP contribution in [-0.2, 0) is 9.53 Å². The van der Waals surface area contributed by atoms with E-state index in [-0.39, 0.29) is 18.1 Å². The molecule has 0 N–H and O–H groups in total. The Morgan fingerprint density at radius 3 is 3.27 bits per heavy atom. The van der Waals surface area contributed by atoms with Gasteiger partial charge in [-0.3, -0.25) is 4.79 Å². The molecule has 0 saturated carbocycles. The minimum atomic E-state index is -0.579. The van der Waals surface area contributed by atoms with Crippen molar-refractivity contribution in [2.24, 2.45) is 0 Å². The van der Waals surface area contributed by atoms with Crippen LogP contribution in [0.15, 0.2) is 47.4 Å². The molecule has 0 spiro atoms. The molecular formula is C12H11ClO2. The van der Waals surface area contributed by atoms with Gasteiger partial charge in [-0.25, -0.2) is 0 Å². The van der Waals surface area contributed by atoms with E-state index < -0.39 is 5.38 Å². The molecule has 1 heterocycles. The number of hydrogen-bond donors (Lipinski definition) is 0. The maximum Gasteiger partial charge on any atom is 0.180 e. The molecule has 0 bridgehead atoms. The van der Waals surface area contributed by atoms with Gasteiger partial charge in [0.25, 0.3) is 0 Å². The number of alkyl halides is 1. The lowest BCUT2D eigenvalue weighted by Gasteiger charge is -2.18. The Labute approximate surface area is 96.4 Å². The van der Waals surface area contributed by atoms with Crippen LogP contribution < -0.4 is 0 Å². The molecule has 15 heavy (non-hydrogen) atoms. The van der Waals surface area contributed by atoms with E-state index in [1.54, 1.807) is 25.2 Å². The molecule has 0 fully saturated rings. The van der Waals surface area contributed by atoms with Crippen LogP contribution in [0, 0.1) is 0 Å². The highest BCUT2D eigenvalue weighted by atomic mass is 35.5. The highest BCUT2D eigenvalue weighted by Gasteiger charge is 2.20. The standard InChI is InChI=1S/C12H11ClO2/c1-8(13)12(14)10-5-4-9-3-2-6-15-11(9)7-10/h2-3,5-8H,4H2,1H3/i2D,6D. The lowest BCUT2D eigenvalue weighted by molar-refractivity contribution is -0.114. The fraction of sp³-hybridized carbons (Fsp3) is 0.250. The molecular weight excluding hydrogens is 212 g/mol. The normalized spacial score (nSPS) is 23.7. The number of ketones is 1. The molecule has 1 atom stereocenters. The van der Waals surface area contributed by atoms with Crippen molar-refractivity contribution in [3.63, 3.8) is 0 Å². The molecule has 1 aliphatic heterocycles. The first-order valence-electron chi connectivity index (χ1n) is 5.65. The third-order valence-corrected chi connectivity index (χ3v) is 2.46. The second kappa shape index (κ2) is 4.07. The van der Waals surface area contributed by atoms with E-state index in [2.05, 4.69) is 0 Å². The van der Waals surface area contributed by atoms with Crippen LogP contribution in [0.5, 0.6) is 0 Å². The predicted molar refractivity (Wildman–Crippen MR) is 59.4 cm³/mol. The van der Waals surface area contributed by atoms with Gasteiger partial charge in [-0.1, -0.05) is 12.2 Å². The Morgan fingerprint density at radius 2 is 2.53 bits per heavy atom. The summed E-state index contributed by atoms with van der Waals surface area (Å²) in [5.41, 5.74) is 1.31. The largest absolute Gasteiger partial charge is 0.465 e. The first-order valence-corrected chi connectivity index (χ1v) is 5.09. The maximum atomic E-state index is 11.7. The third-order valence-electron chi connectivity index (χ3n) is 2.26. The second-order valence-electron chi connectivity index (χ2n) is 3.37. The number of fused-ring (bicyclic) bond motifs is 1. The van der Waals surface area contributed by atoms with E-state index in [1.807, 2.05) is 0 Å². The Balaban J connectivity index is 2.28. The van der Waals surface area contributed by atoms with Gasteiger partial charge in [-0.2, -0.15) is 0 Å². The fourth-order valence-corrected chi connectivity index (χ4v) is 1.57. The number of carbonyl (C=O) groups excluding carboxylic acids is 1. The SMILES string of the molecule is [2H]C1=C([2H])OC2=CC(C(=O)C(C)Cl)=CCC2=C1. The van der Waals surface area contributed by atoms with E-state index in [0.29, 0.717) is 17.8 Å². The summed E-state index contributed by atoms with van der Waals surface area (Å²) in [6.45, 7) is 1.62. The van der Waals surface area contributed by atoms with E-state index in [1.165, 1.54) is 0 Å². The number of hydrogen-bond acceptors (Lipinski definition) is 2. The number of halogens is 1. The summed E-state index contributed by atoms with van der Waals surface area (Å²) in [6, 6.07) is 0.0473. The minimum absolute atomic E-state index is 0.0473. The molecule has 1 unspecified atom stereocenters. The average Bonchev–Trinajstić information content (AvgIpc) is 2.29. The first kappa shape index (κ1) is 7.94. The summed E-state index contributed by atoms with van der Waals surface area (Å²) in [7, 11) is 0. The summed E-state index contributed by atoms with van der Waals surface area (Å²) in [4.78, 5) is 11.7. The summed E-state index contributed by atoms with van der Waals surface area (Å²) < 4.78 is 20.0. The molecule has 0 saturated heterocycles. The second-order valence-corrected chi connectivity index (χ2v) is 4.03. The van der Waals surface area contributed by atoms with E-state index in [4.69, 9.17) is 19.1 Å². The van der Waals surface area contributed by atoms with E-state index in [9.17, 15) is 4.79 Å². The number of allylic oxidation sites excluding steroid dienone is 6. The van der Waals surface area contributed by atoms with Gasteiger partial charge < -0.3 is 4.74 Å².